The first-order chi connectivity index (χ1) is 15.5. The number of benzene rings is 2. The van der Waals surface area contributed by atoms with Crippen molar-refractivity contribution >= 4 is 5.91 Å². The molecule has 0 saturated carbocycles. The summed E-state index contributed by atoms with van der Waals surface area (Å²) in [5.41, 5.74) is 4.38. The molecule has 1 amide bonds. The number of nitrogens with zero attached hydrogens (tertiary/aromatic N) is 3. The van der Waals surface area contributed by atoms with E-state index in [1.54, 1.807) is 18.9 Å². The first-order valence-corrected chi connectivity index (χ1v) is 11.4. The van der Waals surface area contributed by atoms with Gasteiger partial charge in [-0.25, -0.2) is 0 Å². The van der Waals surface area contributed by atoms with E-state index in [0.29, 0.717) is 17.6 Å². The molecule has 6 heteroatoms. The summed E-state index contributed by atoms with van der Waals surface area (Å²) in [5, 5.41) is 4.09. The SMILES string of the molecule is Cc1ccc(C(C)C)c(O[C@H](C)C(=O)N(C)Cc2nc(-c3ccc(C(C)(C)C)cc3)no2)c1. The smallest absolute Gasteiger partial charge is 0.263 e. The summed E-state index contributed by atoms with van der Waals surface area (Å²) < 4.78 is 11.5. The summed E-state index contributed by atoms with van der Waals surface area (Å²) in [4.78, 5) is 19.0. The van der Waals surface area contributed by atoms with Crippen molar-refractivity contribution in [1.29, 1.82) is 0 Å². The third-order valence-electron chi connectivity index (χ3n) is 5.67. The summed E-state index contributed by atoms with van der Waals surface area (Å²) in [6.07, 6.45) is -0.637. The minimum Gasteiger partial charge on any atom is -0.481 e. The zero-order valence-corrected chi connectivity index (χ0v) is 21.0. The van der Waals surface area contributed by atoms with Crippen LogP contribution in [0.25, 0.3) is 11.4 Å². The van der Waals surface area contributed by atoms with Crippen LogP contribution in [0, 0.1) is 6.92 Å². The van der Waals surface area contributed by atoms with Gasteiger partial charge in [0.2, 0.25) is 11.7 Å². The van der Waals surface area contributed by atoms with Crippen molar-refractivity contribution in [2.24, 2.45) is 0 Å². The van der Waals surface area contributed by atoms with Crippen LogP contribution < -0.4 is 4.74 Å². The average Bonchev–Trinajstić information content (AvgIpc) is 3.20. The Morgan fingerprint density at radius 3 is 2.36 bits per heavy atom. The van der Waals surface area contributed by atoms with Gasteiger partial charge >= 0.3 is 0 Å². The van der Waals surface area contributed by atoms with Crippen molar-refractivity contribution in [3.05, 3.63) is 65.0 Å². The van der Waals surface area contributed by atoms with E-state index >= 15 is 0 Å². The van der Waals surface area contributed by atoms with Gasteiger partial charge in [0.15, 0.2) is 6.10 Å². The molecule has 0 N–H and O–H groups in total. The minimum absolute atomic E-state index is 0.0805. The zero-order valence-electron chi connectivity index (χ0n) is 21.0. The normalized spacial score (nSPS) is 12.6. The molecule has 1 atom stereocenters. The fourth-order valence-electron chi connectivity index (χ4n) is 3.61. The van der Waals surface area contributed by atoms with Gasteiger partial charge in [0.05, 0.1) is 6.54 Å². The van der Waals surface area contributed by atoms with E-state index in [1.807, 2.05) is 25.1 Å². The molecule has 6 nitrogen and oxygen atoms in total. The van der Waals surface area contributed by atoms with Gasteiger partial charge in [-0.2, -0.15) is 4.98 Å². The van der Waals surface area contributed by atoms with Gasteiger partial charge in [-0.3, -0.25) is 4.79 Å². The number of carbonyl (C=O) groups excluding carboxylic acids is 1. The Morgan fingerprint density at radius 1 is 1.09 bits per heavy atom. The van der Waals surface area contributed by atoms with Gasteiger partial charge in [-0.05, 0) is 47.9 Å². The van der Waals surface area contributed by atoms with Crippen LogP contribution in [0.5, 0.6) is 5.75 Å². The molecule has 0 radical (unpaired) electrons. The molecule has 1 aromatic heterocycles. The molecule has 0 unspecified atom stereocenters. The second-order valence-electron chi connectivity index (χ2n) is 9.99. The first-order valence-electron chi connectivity index (χ1n) is 11.4. The average molecular weight is 450 g/mol. The fraction of sp³-hybridized carbons (Fsp3) is 0.444. The lowest BCUT2D eigenvalue weighted by molar-refractivity contribution is -0.137. The van der Waals surface area contributed by atoms with E-state index in [1.165, 1.54) is 5.56 Å². The van der Waals surface area contributed by atoms with Gasteiger partial charge in [0.1, 0.15) is 5.75 Å². The third kappa shape index (κ3) is 6.01. The van der Waals surface area contributed by atoms with Crippen molar-refractivity contribution in [3.8, 4) is 17.1 Å². The number of aromatic nitrogens is 2. The van der Waals surface area contributed by atoms with E-state index in [0.717, 1.165) is 22.4 Å². The Labute approximate surface area is 197 Å². The molecule has 33 heavy (non-hydrogen) atoms. The Kier molecular flexibility index (Phi) is 7.25. The highest BCUT2D eigenvalue weighted by Crippen LogP contribution is 2.29. The molecule has 3 rings (SSSR count). The highest BCUT2D eigenvalue weighted by molar-refractivity contribution is 5.80. The van der Waals surface area contributed by atoms with E-state index in [-0.39, 0.29) is 17.9 Å². The molecule has 0 fully saturated rings. The van der Waals surface area contributed by atoms with Gasteiger partial charge < -0.3 is 14.2 Å². The van der Waals surface area contributed by atoms with E-state index in [4.69, 9.17) is 9.26 Å². The summed E-state index contributed by atoms with van der Waals surface area (Å²) >= 11 is 0. The molecule has 3 aromatic rings. The Hall–Kier alpha value is -3.15. The third-order valence-corrected chi connectivity index (χ3v) is 5.67. The van der Waals surface area contributed by atoms with Gasteiger partial charge in [0.25, 0.3) is 5.91 Å². The fourth-order valence-corrected chi connectivity index (χ4v) is 3.61. The maximum atomic E-state index is 12.9. The van der Waals surface area contributed by atoms with Crippen LogP contribution in [0.2, 0.25) is 0 Å². The molecule has 0 aliphatic heterocycles. The highest BCUT2D eigenvalue weighted by Gasteiger charge is 2.23. The number of amides is 1. The molecule has 2 aromatic carbocycles. The molecule has 0 saturated heterocycles. The van der Waals surface area contributed by atoms with Crippen molar-refractivity contribution in [3.63, 3.8) is 0 Å². The van der Waals surface area contributed by atoms with Crippen LogP contribution in [0.15, 0.2) is 47.0 Å². The number of ether oxygens (including phenoxy) is 1. The molecule has 0 bridgehead atoms. The van der Waals surface area contributed by atoms with Crippen LogP contribution in [0.4, 0.5) is 0 Å². The summed E-state index contributed by atoms with van der Waals surface area (Å²) in [7, 11) is 1.71. The number of likely N-dealkylation sites (N-methyl/N-ethyl adjacent to an activating group) is 1. The van der Waals surface area contributed by atoms with Crippen molar-refractivity contribution < 1.29 is 14.1 Å². The van der Waals surface area contributed by atoms with Crippen LogP contribution >= 0.6 is 0 Å². The monoisotopic (exact) mass is 449 g/mol. The Bertz CT molecular complexity index is 1090. The maximum absolute atomic E-state index is 12.9. The number of rotatable bonds is 7. The highest BCUT2D eigenvalue weighted by atomic mass is 16.5. The lowest BCUT2D eigenvalue weighted by Crippen LogP contribution is -2.37. The standard InChI is InChI=1S/C27H35N3O3/c1-17(2)22-14-9-18(3)15-23(22)32-19(4)26(31)30(8)16-24-28-25(29-33-24)20-10-12-21(13-11-20)27(5,6)7/h9-15,17,19H,16H2,1-8H3/t19-/m1/s1. The predicted octanol–water partition coefficient (Wildman–Crippen LogP) is 5.89. The Balaban J connectivity index is 1.66. The lowest BCUT2D eigenvalue weighted by Gasteiger charge is -2.23. The van der Waals surface area contributed by atoms with Crippen molar-refractivity contribution in [2.45, 2.75) is 72.4 Å². The summed E-state index contributed by atoms with van der Waals surface area (Å²) in [6.45, 7) is 14.7. The van der Waals surface area contributed by atoms with Crippen LogP contribution in [0.3, 0.4) is 0 Å². The van der Waals surface area contributed by atoms with E-state index < -0.39 is 6.10 Å². The van der Waals surface area contributed by atoms with Crippen molar-refractivity contribution in [1.82, 2.24) is 15.0 Å². The van der Waals surface area contributed by atoms with E-state index in [9.17, 15) is 4.79 Å². The van der Waals surface area contributed by atoms with Gasteiger partial charge in [-0.15, -0.1) is 0 Å². The van der Waals surface area contributed by atoms with Gasteiger partial charge in [-0.1, -0.05) is 76.2 Å². The van der Waals surface area contributed by atoms with E-state index in [2.05, 4.69) is 69.0 Å². The number of hydrogen-bond acceptors (Lipinski definition) is 5. The molecule has 1 heterocycles. The van der Waals surface area contributed by atoms with Gasteiger partial charge in [0, 0.05) is 12.6 Å². The molecule has 0 aliphatic carbocycles. The number of aryl methyl sites for hydroxylation is 1. The lowest BCUT2D eigenvalue weighted by atomic mass is 9.87. The minimum atomic E-state index is -0.637. The topological polar surface area (TPSA) is 68.5 Å². The molecular formula is C27H35N3O3. The van der Waals surface area contributed by atoms with Crippen molar-refractivity contribution in [2.75, 3.05) is 7.05 Å². The summed E-state index contributed by atoms with van der Waals surface area (Å²) in [6, 6.07) is 14.2. The zero-order chi connectivity index (χ0) is 24.3. The maximum Gasteiger partial charge on any atom is 0.263 e. The van der Waals surface area contributed by atoms with Crippen LogP contribution in [-0.4, -0.2) is 34.1 Å². The largest absolute Gasteiger partial charge is 0.481 e. The molecule has 0 spiro atoms. The molecule has 0 aliphatic rings. The van der Waals surface area contributed by atoms with Crippen LogP contribution in [-0.2, 0) is 16.8 Å². The Morgan fingerprint density at radius 2 is 1.76 bits per heavy atom. The second kappa shape index (κ2) is 9.77. The number of carbonyl (C=O) groups is 1. The molecule has 176 valence electrons. The second-order valence-corrected chi connectivity index (χ2v) is 9.99. The van der Waals surface area contributed by atoms with Crippen LogP contribution in [0.1, 0.15) is 70.0 Å². The first kappa shape index (κ1) is 24.5. The molecular weight excluding hydrogens is 414 g/mol. The number of hydrogen-bond donors (Lipinski definition) is 0. The summed E-state index contributed by atoms with van der Waals surface area (Å²) in [5.74, 6) is 1.79. The quantitative estimate of drug-likeness (QED) is 0.450. The predicted molar refractivity (Wildman–Crippen MR) is 130 cm³/mol.